The van der Waals surface area contributed by atoms with Crippen LogP contribution < -0.4 is 11.1 Å². The van der Waals surface area contributed by atoms with E-state index in [0.717, 1.165) is 18.4 Å². The van der Waals surface area contributed by atoms with Crippen LogP contribution in [-0.2, 0) is 9.59 Å². The van der Waals surface area contributed by atoms with Crippen molar-refractivity contribution in [3.63, 3.8) is 0 Å². The molecule has 1 saturated carbocycles. The van der Waals surface area contributed by atoms with Crippen molar-refractivity contribution in [2.75, 3.05) is 0 Å². The van der Waals surface area contributed by atoms with Crippen LogP contribution in [-0.4, -0.2) is 17.4 Å². The molecule has 0 bridgehead atoms. The molecule has 0 heterocycles. The predicted octanol–water partition coefficient (Wildman–Crippen LogP) is 2.53. The first-order chi connectivity index (χ1) is 9.08. The van der Waals surface area contributed by atoms with Crippen LogP contribution in [0.25, 0.3) is 0 Å². The highest BCUT2D eigenvalue weighted by atomic mass is 16.2. The van der Waals surface area contributed by atoms with Crippen LogP contribution in [0.1, 0.15) is 59.8 Å². The molecule has 0 spiro atoms. The lowest BCUT2D eigenvalue weighted by atomic mass is 9.70. The van der Waals surface area contributed by atoms with E-state index < -0.39 is 11.3 Å². The smallest absolute Gasteiger partial charge is 0.224 e. The van der Waals surface area contributed by atoms with Crippen molar-refractivity contribution in [1.82, 2.24) is 5.32 Å². The van der Waals surface area contributed by atoms with Gasteiger partial charge in [0.25, 0.3) is 0 Å². The molecule has 1 fully saturated rings. The molecular formula is C16H28N2O2. The van der Waals surface area contributed by atoms with E-state index in [-0.39, 0.29) is 17.4 Å². The van der Waals surface area contributed by atoms with Gasteiger partial charge >= 0.3 is 0 Å². The summed E-state index contributed by atoms with van der Waals surface area (Å²) in [6.45, 7) is 11.6. The third kappa shape index (κ3) is 3.84. The summed E-state index contributed by atoms with van der Waals surface area (Å²) in [5.41, 5.74) is 5.55. The Morgan fingerprint density at radius 2 is 1.80 bits per heavy atom. The summed E-state index contributed by atoms with van der Waals surface area (Å²) in [6, 6.07) is 0. The van der Waals surface area contributed by atoms with Crippen LogP contribution in [0.3, 0.4) is 0 Å². The summed E-state index contributed by atoms with van der Waals surface area (Å²) in [7, 11) is 0. The van der Waals surface area contributed by atoms with E-state index in [1.54, 1.807) is 0 Å². The first-order valence-electron chi connectivity index (χ1n) is 7.35. The van der Waals surface area contributed by atoms with Gasteiger partial charge in [-0.2, -0.15) is 0 Å². The molecule has 0 aromatic rings. The maximum absolute atomic E-state index is 12.6. The minimum absolute atomic E-state index is 0.0822. The standard InChI is InChI=1S/C16H28N2O2/c1-11(2)10-12(13(19)18-15(3,4)5)16(14(17)20)8-6-7-9-16/h12H,1,6-10H2,2-5H3,(H2,17,20)(H,18,19). The van der Waals surface area contributed by atoms with E-state index >= 15 is 0 Å². The maximum atomic E-state index is 12.6. The van der Waals surface area contributed by atoms with Crippen LogP contribution in [0.15, 0.2) is 12.2 Å². The Balaban J connectivity index is 3.07. The lowest BCUT2D eigenvalue weighted by Gasteiger charge is -2.36. The fourth-order valence-electron chi connectivity index (χ4n) is 3.12. The average molecular weight is 280 g/mol. The van der Waals surface area contributed by atoms with Gasteiger partial charge in [-0.3, -0.25) is 9.59 Å². The number of carbonyl (C=O) groups excluding carboxylic acids is 2. The van der Waals surface area contributed by atoms with Gasteiger partial charge in [-0.15, -0.1) is 6.58 Å². The molecular weight excluding hydrogens is 252 g/mol. The molecule has 1 unspecified atom stereocenters. The molecule has 0 radical (unpaired) electrons. The summed E-state index contributed by atoms with van der Waals surface area (Å²) < 4.78 is 0. The Kier molecular flexibility index (Phi) is 5.00. The molecule has 0 aromatic heterocycles. The molecule has 1 rings (SSSR count). The Morgan fingerprint density at radius 3 is 2.15 bits per heavy atom. The molecule has 4 nitrogen and oxygen atoms in total. The topological polar surface area (TPSA) is 72.2 Å². The number of amides is 2. The van der Waals surface area contributed by atoms with Gasteiger partial charge in [-0.25, -0.2) is 0 Å². The van der Waals surface area contributed by atoms with Crippen molar-refractivity contribution >= 4 is 11.8 Å². The van der Waals surface area contributed by atoms with Crippen molar-refractivity contribution in [1.29, 1.82) is 0 Å². The maximum Gasteiger partial charge on any atom is 0.224 e. The number of primary amides is 1. The van der Waals surface area contributed by atoms with Gasteiger partial charge < -0.3 is 11.1 Å². The highest BCUT2D eigenvalue weighted by Crippen LogP contribution is 2.46. The second-order valence-corrected chi connectivity index (χ2v) is 7.18. The predicted molar refractivity (Wildman–Crippen MR) is 80.9 cm³/mol. The van der Waals surface area contributed by atoms with Crippen molar-refractivity contribution < 1.29 is 9.59 Å². The molecule has 4 heteroatoms. The van der Waals surface area contributed by atoms with Gasteiger partial charge in [-0.1, -0.05) is 18.4 Å². The van der Waals surface area contributed by atoms with Crippen molar-refractivity contribution in [3.8, 4) is 0 Å². The first-order valence-corrected chi connectivity index (χ1v) is 7.35. The molecule has 1 aliphatic rings. The van der Waals surface area contributed by atoms with Crippen molar-refractivity contribution in [2.24, 2.45) is 17.1 Å². The minimum Gasteiger partial charge on any atom is -0.369 e. The van der Waals surface area contributed by atoms with E-state index in [1.807, 2.05) is 27.7 Å². The van der Waals surface area contributed by atoms with E-state index in [0.29, 0.717) is 19.3 Å². The third-order valence-corrected chi connectivity index (χ3v) is 4.02. The zero-order valence-corrected chi connectivity index (χ0v) is 13.2. The molecule has 1 aliphatic carbocycles. The minimum atomic E-state index is -0.700. The fraction of sp³-hybridized carbons (Fsp3) is 0.750. The number of nitrogens with one attached hydrogen (secondary N) is 1. The Labute approximate surface area is 122 Å². The Bertz CT molecular complexity index is 401. The van der Waals surface area contributed by atoms with E-state index in [1.165, 1.54) is 0 Å². The highest BCUT2D eigenvalue weighted by molar-refractivity contribution is 5.90. The molecule has 0 aliphatic heterocycles. The Morgan fingerprint density at radius 1 is 1.30 bits per heavy atom. The van der Waals surface area contributed by atoms with Crippen LogP contribution in [0.4, 0.5) is 0 Å². The summed E-state index contributed by atoms with van der Waals surface area (Å²) >= 11 is 0. The van der Waals surface area contributed by atoms with E-state index in [4.69, 9.17) is 5.73 Å². The lowest BCUT2D eigenvalue weighted by Crippen LogP contribution is -2.52. The van der Waals surface area contributed by atoms with Crippen LogP contribution in [0.5, 0.6) is 0 Å². The summed E-state index contributed by atoms with van der Waals surface area (Å²) in [4.78, 5) is 24.7. The molecule has 20 heavy (non-hydrogen) atoms. The number of hydrogen-bond acceptors (Lipinski definition) is 2. The van der Waals surface area contributed by atoms with Gasteiger partial charge in [0.1, 0.15) is 0 Å². The first kappa shape index (κ1) is 16.7. The second kappa shape index (κ2) is 5.98. The van der Waals surface area contributed by atoms with E-state index in [9.17, 15) is 9.59 Å². The zero-order chi connectivity index (χ0) is 15.6. The summed E-state index contributed by atoms with van der Waals surface area (Å²) in [6.07, 6.45) is 3.84. The molecule has 114 valence electrons. The van der Waals surface area contributed by atoms with Gasteiger partial charge in [0, 0.05) is 5.54 Å². The third-order valence-electron chi connectivity index (χ3n) is 4.02. The summed E-state index contributed by atoms with van der Waals surface area (Å²) in [5.74, 6) is -0.828. The molecule has 0 saturated heterocycles. The van der Waals surface area contributed by atoms with Gasteiger partial charge in [0.05, 0.1) is 11.3 Å². The quantitative estimate of drug-likeness (QED) is 0.760. The number of hydrogen-bond donors (Lipinski definition) is 2. The molecule has 2 amide bonds. The van der Waals surface area contributed by atoms with Crippen molar-refractivity contribution in [3.05, 3.63) is 12.2 Å². The van der Waals surface area contributed by atoms with Crippen LogP contribution >= 0.6 is 0 Å². The Hall–Kier alpha value is -1.32. The number of carbonyl (C=O) groups is 2. The zero-order valence-electron chi connectivity index (χ0n) is 13.2. The van der Waals surface area contributed by atoms with Crippen molar-refractivity contribution in [2.45, 2.75) is 65.3 Å². The fourth-order valence-corrected chi connectivity index (χ4v) is 3.12. The lowest BCUT2D eigenvalue weighted by molar-refractivity contribution is -0.141. The highest BCUT2D eigenvalue weighted by Gasteiger charge is 2.49. The SMILES string of the molecule is C=C(C)CC(C(=O)NC(C)(C)C)C1(C(N)=O)CCCC1. The van der Waals surface area contributed by atoms with Crippen LogP contribution in [0, 0.1) is 11.3 Å². The summed E-state index contributed by atoms with van der Waals surface area (Å²) in [5, 5.41) is 2.99. The molecule has 1 atom stereocenters. The normalized spacial score (nSPS) is 19.4. The van der Waals surface area contributed by atoms with Gasteiger partial charge in [-0.05, 0) is 47.0 Å². The number of allylic oxidation sites excluding steroid dienone is 1. The second-order valence-electron chi connectivity index (χ2n) is 7.18. The van der Waals surface area contributed by atoms with Gasteiger partial charge in [0.2, 0.25) is 11.8 Å². The number of nitrogens with two attached hydrogens (primary N) is 1. The van der Waals surface area contributed by atoms with Gasteiger partial charge in [0.15, 0.2) is 0 Å². The monoisotopic (exact) mass is 280 g/mol. The van der Waals surface area contributed by atoms with E-state index in [2.05, 4.69) is 11.9 Å². The largest absolute Gasteiger partial charge is 0.369 e. The molecule has 0 aromatic carbocycles. The number of rotatable bonds is 5. The average Bonchev–Trinajstić information content (AvgIpc) is 2.72. The van der Waals surface area contributed by atoms with Crippen LogP contribution in [0.2, 0.25) is 0 Å². The molecule has 3 N–H and O–H groups in total.